The molecule has 9 heteroatoms. The van der Waals surface area contributed by atoms with Crippen molar-refractivity contribution in [3.05, 3.63) is 77.9 Å². The van der Waals surface area contributed by atoms with Gasteiger partial charge >= 0.3 is 12.2 Å². The van der Waals surface area contributed by atoms with Gasteiger partial charge < -0.3 is 20.7 Å². The number of ether oxygens (including phenoxy) is 1. The first-order valence-electron chi connectivity index (χ1n) is 8.77. The van der Waals surface area contributed by atoms with Gasteiger partial charge in [-0.25, -0.2) is 4.79 Å². The molecule has 0 aromatic heterocycles. The molecule has 1 heterocycles. The summed E-state index contributed by atoms with van der Waals surface area (Å²) in [5.41, 5.74) is 0.0776. The molecule has 0 unspecified atom stereocenters. The third kappa shape index (κ3) is 4.04. The van der Waals surface area contributed by atoms with E-state index in [0.717, 1.165) is 12.1 Å². The van der Waals surface area contributed by atoms with Crippen molar-refractivity contribution in [2.45, 2.75) is 6.18 Å². The number of anilines is 3. The van der Waals surface area contributed by atoms with Crippen LogP contribution in [0.4, 0.5) is 35.0 Å². The van der Waals surface area contributed by atoms with E-state index in [0.29, 0.717) is 17.2 Å². The Hall–Kier alpha value is -4.01. The number of hydrogen-bond acceptors (Lipinski definition) is 3. The highest BCUT2D eigenvalue weighted by molar-refractivity contribution is 6.09. The summed E-state index contributed by atoms with van der Waals surface area (Å²) in [5.74, 6) is 0.366. The number of benzene rings is 3. The second kappa shape index (κ2) is 7.43. The summed E-state index contributed by atoms with van der Waals surface area (Å²) in [6.07, 6.45) is -4.52. The summed E-state index contributed by atoms with van der Waals surface area (Å²) in [6, 6.07) is 14.9. The summed E-state index contributed by atoms with van der Waals surface area (Å²) >= 11 is 0. The second-order valence-corrected chi connectivity index (χ2v) is 6.42. The fourth-order valence-corrected chi connectivity index (χ4v) is 2.91. The van der Waals surface area contributed by atoms with E-state index in [1.807, 2.05) is 0 Å². The van der Waals surface area contributed by atoms with Crippen molar-refractivity contribution in [2.24, 2.45) is 0 Å². The first-order valence-corrected chi connectivity index (χ1v) is 8.77. The lowest BCUT2D eigenvalue weighted by Gasteiger charge is -2.12. The molecule has 3 aromatic rings. The van der Waals surface area contributed by atoms with Crippen molar-refractivity contribution in [1.29, 1.82) is 0 Å². The standard InChI is InChI=1S/C21H14F3N3O3/c22-21(23,24)12-4-3-5-13(10-12)25-20(29)26-14-8-9-17-15(11-14)19(28)27-16-6-1-2-7-18(16)30-17/h1-11H,(H,27,28)(H2,25,26,29). The molecule has 0 radical (unpaired) electrons. The maximum atomic E-state index is 12.8. The molecule has 1 aliphatic rings. The lowest BCUT2D eigenvalue weighted by atomic mass is 10.1. The predicted molar refractivity (Wildman–Crippen MR) is 105 cm³/mol. The highest BCUT2D eigenvalue weighted by Gasteiger charge is 2.30. The van der Waals surface area contributed by atoms with Crippen LogP contribution in [-0.2, 0) is 6.18 Å². The van der Waals surface area contributed by atoms with Crippen LogP contribution in [0.3, 0.4) is 0 Å². The van der Waals surface area contributed by atoms with Crippen molar-refractivity contribution >= 4 is 29.0 Å². The second-order valence-electron chi connectivity index (χ2n) is 6.42. The van der Waals surface area contributed by atoms with Crippen LogP contribution in [0.2, 0.25) is 0 Å². The van der Waals surface area contributed by atoms with Crippen LogP contribution in [0.5, 0.6) is 11.5 Å². The average molecular weight is 413 g/mol. The van der Waals surface area contributed by atoms with E-state index in [2.05, 4.69) is 16.0 Å². The average Bonchev–Trinajstić information content (AvgIpc) is 2.83. The third-order valence-electron chi connectivity index (χ3n) is 4.28. The molecule has 3 aromatic carbocycles. The Balaban J connectivity index is 1.51. The molecular formula is C21H14F3N3O3. The van der Waals surface area contributed by atoms with E-state index in [1.54, 1.807) is 24.3 Å². The zero-order valence-electron chi connectivity index (χ0n) is 15.2. The molecule has 0 saturated heterocycles. The molecular weight excluding hydrogens is 399 g/mol. The largest absolute Gasteiger partial charge is 0.454 e. The van der Waals surface area contributed by atoms with Gasteiger partial charge in [-0.15, -0.1) is 0 Å². The Labute approximate surface area is 168 Å². The Morgan fingerprint density at radius 1 is 0.867 bits per heavy atom. The quantitative estimate of drug-likeness (QED) is 0.504. The van der Waals surface area contributed by atoms with Crippen LogP contribution >= 0.6 is 0 Å². The van der Waals surface area contributed by atoms with Crippen molar-refractivity contribution in [3.8, 4) is 11.5 Å². The molecule has 0 fully saturated rings. The molecule has 0 atom stereocenters. The highest BCUT2D eigenvalue weighted by Crippen LogP contribution is 2.36. The lowest BCUT2D eigenvalue weighted by Crippen LogP contribution is -2.20. The number of para-hydroxylation sites is 2. The summed E-state index contributed by atoms with van der Waals surface area (Å²) in [5, 5.41) is 7.55. The van der Waals surface area contributed by atoms with Gasteiger partial charge in [0.15, 0.2) is 5.75 Å². The third-order valence-corrected chi connectivity index (χ3v) is 4.28. The molecule has 3 amide bonds. The number of rotatable bonds is 2. The van der Waals surface area contributed by atoms with Gasteiger partial charge in [0.05, 0.1) is 16.8 Å². The summed E-state index contributed by atoms with van der Waals surface area (Å²) in [4.78, 5) is 24.7. The van der Waals surface area contributed by atoms with Crippen LogP contribution in [0.15, 0.2) is 66.7 Å². The van der Waals surface area contributed by atoms with Gasteiger partial charge in [-0.1, -0.05) is 18.2 Å². The van der Waals surface area contributed by atoms with E-state index in [4.69, 9.17) is 4.74 Å². The number of nitrogens with one attached hydrogen (secondary N) is 3. The number of halogens is 3. The van der Waals surface area contributed by atoms with Gasteiger partial charge in [0.25, 0.3) is 5.91 Å². The number of carbonyl (C=O) groups excluding carboxylic acids is 2. The van der Waals surface area contributed by atoms with E-state index in [-0.39, 0.29) is 16.9 Å². The number of alkyl halides is 3. The molecule has 0 spiro atoms. The smallest absolute Gasteiger partial charge is 0.416 e. The lowest BCUT2D eigenvalue weighted by molar-refractivity contribution is -0.137. The molecule has 0 aliphatic carbocycles. The normalized spacial score (nSPS) is 12.6. The summed E-state index contributed by atoms with van der Waals surface area (Å²) in [6.45, 7) is 0. The Bertz CT molecular complexity index is 1150. The molecule has 1 aliphatic heterocycles. The van der Waals surface area contributed by atoms with Crippen LogP contribution in [-0.4, -0.2) is 11.9 Å². The summed E-state index contributed by atoms with van der Waals surface area (Å²) in [7, 11) is 0. The van der Waals surface area contributed by atoms with E-state index in [1.165, 1.54) is 30.3 Å². The van der Waals surface area contributed by atoms with Crippen LogP contribution in [0.1, 0.15) is 15.9 Å². The zero-order chi connectivity index (χ0) is 21.3. The number of hydrogen-bond donors (Lipinski definition) is 3. The van der Waals surface area contributed by atoms with Gasteiger partial charge in [0.1, 0.15) is 5.75 Å². The van der Waals surface area contributed by atoms with Gasteiger partial charge in [-0.05, 0) is 48.5 Å². The van der Waals surface area contributed by atoms with E-state index < -0.39 is 23.7 Å². The minimum Gasteiger partial charge on any atom is -0.454 e. The fourth-order valence-electron chi connectivity index (χ4n) is 2.91. The molecule has 3 N–H and O–H groups in total. The Kier molecular flexibility index (Phi) is 4.78. The fraction of sp³-hybridized carbons (Fsp3) is 0.0476. The predicted octanol–water partition coefficient (Wildman–Crippen LogP) is 5.71. The van der Waals surface area contributed by atoms with Crippen LogP contribution < -0.4 is 20.7 Å². The Morgan fingerprint density at radius 2 is 1.60 bits per heavy atom. The van der Waals surface area contributed by atoms with Gasteiger partial charge in [0, 0.05) is 11.4 Å². The number of urea groups is 1. The maximum absolute atomic E-state index is 12.8. The minimum atomic E-state index is -4.52. The zero-order valence-corrected chi connectivity index (χ0v) is 15.2. The topological polar surface area (TPSA) is 79.5 Å². The van der Waals surface area contributed by atoms with E-state index >= 15 is 0 Å². The molecule has 6 nitrogen and oxygen atoms in total. The van der Waals surface area contributed by atoms with Crippen molar-refractivity contribution in [3.63, 3.8) is 0 Å². The molecule has 152 valence electrons. The van der Waals surface area contributed by atoms with Crippen LogP contribution in [0, 0.1) is 0 Å². The molecule has 4 rings (SSSR count). The molecule has 30 heavy (non-hydrogen) atoms. The molecule has 0 bridgehead atoms. The number of amides is 3. The highest BCUT2D eigenvalue weighted by atomic mass is 19.4. The van der Waals surface area contributed by atoms with Crippen molar-refractivity contribution in [1.82, 2.24) is 0 Å². The first-order chi connectivity index (χ1) is 14.3. The van der Waals surface area contributed by atoms with Gasteiger partial charge in [0.2, 0.25) is 0 Å². The molecule has 0 saturated carbocycles. The number of carbonyl (C=O) groups is 2. The van der Waals surface area contributed by atoms with Gasteiger partial charge in [-0.2, -0.15) is 13.2 Å². The van der Waals surface area contributed by atoms with Gasteiger partial charge in [-0.3, -0.25) is 4.79 Å². The van der Waals surface area contributed by atoms with Crippen molar-refractivity contribution in [2.75, 3.05) is 16.0 Å². The maximum Gasteiger partial charge on any atom is 0.416 e. The minimum absolute atomic E-state index is 0.0198. The van der Waals surface area contributed by atoms with Crippen molar-refractivity contribution < 1.29 is 27.5 Å². The van der Waals surface area contributed by atoms with Crippen LogP contribution in [0.25, 0.3) is 0 Å². The number of fused-ring (bicyclic) bond motifs is 2. The monoisotopic (exact) mass is 413 g/mol. The Morgan fingerprint density at radius 3 is 2.37 bits per heavy atom. The first kappa shape index (κ1) is 19.3. The van der Waals surface area contributed by atoms with E-state index in [9.17, 15) is 22.8 Å². The summed E-state index contributed by atoms with van der Waals surface area (Å²) < 4.78 is 44.2. The SMILES string of the molecule is O=C(Nc1cccc(C(F)(F)F)c1)Nc1ccc2c(c1)C(=O)Nc1ccccc1O2.